The Balaban J connectivity index is 1.42. The normalized spacial score (nSPS) is 13.3. The lowest BCUT2D eigenvalue weighted by molar-refractivity contribution is 0.659. The summed E-state index contributed by atoms with van der Waals surface area (Å²) in [5, 5.41) is 0. The predicted octanol–water partition coefficient (Wildman–Crippen LogP) is 7.11. The van der Waals surface area contributed by atoms with Gasteiger partial charge in [-0.1, -0.05) is 98.8 Å². The molecule has 4 nitrogen and oxygen atoms in total. The zero-order valence-corrected chi connectivity index (χ0v) is 21.8. The number of fused-ring (bicyclic) bond motifs is 4. The van der Waals surface area contributed by atoms with Crippen molar-refractivity contribution in [3.05, 3.63) is 153 Å². The molecule has 0 saturated heterocycles. The summed E-state index contributed by atoms with van der Waals surface area (Å²) >= 11 is 0. The Hall–Kier alpha value is -4.96. The van der Waals surface area contributed by atoms with E-state index in [2.05, 4.69) is 50.2 Å². The molecule has 39 heavy (non-hydrogen) atoms. The van der Waals surface area contributed by atoms with Crippen molar-refractivity contribution in [3.63, 3.8) is 0 Å². The molecule has 4 heteroatoms. The fraction of sp³-hybridized carbons (Fsp3) is 0.0857. The van der Waals surface area contributed by atoms with Crippen LogP contribution in [0, 0.1) is 0 Å². The van der Waals surface area contributed by atoms with E-state index in [9.17, 15) is 9.59 Å². The smallest absolute Gasteiger partial charge is 0.271 e. The molecule has 6 aromatic rings. The minimum absolute atomic E-state index is 0.211. The molecule has 0 atom stereocenters. The zero-order valence-electron chi connectivity index (χ0n) is 21.8. The molecule has 0 aliphatic heterocycles. The third kappa shape index (κ3) is 3.45. The summed E-state index contributed by atoms with van der Waals surface area (Å²) in [4.78, 5) is 27.5. The van der Waals surface area contributed by atoms with Gasteiger partial charge in [-0.3, -0.25) is 18.7 Å². The van der Waals surface area contributed by atoms with Crippen LogP contribution < -0.4 is 11.1 Å². The first-order valence-electron chi connectivity index (χ1n) is 13.1. The highest BCUT2D eigenvalue weighted by molar-refractivity contribution is 5.83. The molecule has 1 aliphatic rings. The monoisotopic (exact) mass is 506 g/mol. The van der Waals surface area contributed by atoms with E-state index in [1.54, 1.807) is 4.57 Å². The molecule has 0 spiro atoms. The van der Waals surface area contributed by atoms with Crippen molar-refractivity contribution in [2.45, 2.75) is 19.3 Å². The number of aromatic nitrogens is 2. The van der Waals surface area contributed by atoms with E-state index in [1.807, 2.05) is 84.9 Å². The number of hydrogen-bond acceptors (Lipinski definition) is 2. The van der Waals surface area contributed by atoms with Gasteiger partial charge in [-0.05, 0) is 69.8 Å². The Morgan fingerprint density at radius 1 is 0.487 bits per heavy atom. The van der Waals surface area contributed by atoms with Gasteiger partial charge in [0.1, 0.15) is 0 Å². The first kappa shape index (κ1) is 23.2. The molecule has 0 unspecified atom stereocenters. The highest BCUT2D eigenvalue weighted by atomic mass is 16.2. The largest absolute Gasteiger partial charge is 0.321 e. The highest BCUT2D eigenvalue weighted by Gasteiger charge is 2.35. The van der Waals surface area contributed by atoms with Crippen LogP contribution in [-0.4, -0.2) is 9.13 Å². The lowest BCUT2D eigenvalue weighted by Crippen LogP contribution is -2.40. The number of benzene rings is 5. The molecule has 0 radical (unpaired) electrons. The molecule has 1 heterocycles. The highest BCUT2D eigenvalue weighted by Crippen LogP contribution is 2.48. The van der Waals surface area contributed by atoms with Gasteiger partial charge in [0.25, 0.3) is 0 Å². The van der Waals surface area contributed by atoms with Crippen molar-refractivity contribution >= 4 is 11.0 Å². The minimum atomic E-state index is -0.579. The maximum Gasteiger partial charge on any atom is 0.321 e. The van der Waals surface area contributed by atoms with Gasteiger partial charge in [-0.15, -0.1) is 0 Å². The van der Waals surface area contributed by atoms with Gasteiger partial charge in [0.05, 0.1) is 11.0 Å². The van der Waals surface area contributed by atoms with E-state index in [-0.39, 0.29) is 5.41 Å². The van der Waals surface area contributed by atoms with Gasteiger partial charge in [-0.2, -0.15) is 0 Å². The van der Waals surface area contributed by atoms with E-state index in [0.717, 1.165) is 16.7 Å². The van der Waals surface area contributed by atoms with E-state index >= 15 is 0 Å². The zero-order chi connectivity index (χ0) is 26.7. The molecule has 188 valence electrons. The Kier molecular flexibility index (Phi) is 5.07. The molecule has 0 N–H and O–H groups in total. The number of nitrogens with zero attached hydrogens (tertiary/aromatic N) is 2. The molecule has 0 saturated carbocycles. The van der Waals surface area contributed by atoms with Crippen molar-refractivity contribution in [3.8, 4) is 33.6 Å². The van der Waals surface area contributed by atoms with Crippen molar-refractivity contribution in [1.82, 2.24) is 9.13 Å². The van der Waals surface area contributed by atoms with Gasteiger partial charge >= 0.3 is 11.1 Å². The number of rotatable bonds is 3. The molecular weight excluding hydrogens is 480 g/mol. The Morgan fingerprint density at radius 2 is 1.00 bits per heavy atom. The molecular formula is C35H26N2O2. The molecule has 0 bridgehead atoms. The van der Waals surface area contributed by atoms with Gasteiger partial charge in [0.2, 0.25) is 0 Å². The summed E-state index contributed by atoms with van der Waals surface area (Å²) in [6, 6.07) is 40.0. The van der Waals surface area contributed by atoms with Crippen LogP contribution in [0.2, 0.25) is 0 Å². The lowest BCUT2D eigenvalue weighted by atomic mass is 9.82. The van der Waals surface area contributed by atoms with Crippen LogP contribution in [0.4, 0.5) is 0 Å². The average molecular weight is 507 g/mol. The van der Waals surface area contributed by atoms with Crippen molar-refractivity contribution in [2.75, 3.05) is 0 Å². The van der Waals surface area contributed by atoms with Crippen LogP contribution in [-0.2, 0) is 5.41 Å². The minimum Gasteiger partial charge on any atom is -0.271 e. The van der Waals surface area contributed by atoms with Crippen LogP contribution >= 0.6 is 0 Å². The Labute approximate surface area is 226 Å². The second-order valence-electron chi connectivity index (χ2n) is 10.6. The fourth-order valence-electron chi connectivity index (χ4n) is 6.03. The Bertz CT molecular complexity index is 2010. The summed E-state index contributed by atoms with van der Waals surface area (Å²) in [7, 11) is 0. The van der Waals surface area contributed by atoms with E-state index in [1.165, 1.54) is 21.3 Å². The van der Waals surface area contributed by atoms with Gasteiger partial charge in [0, 0.05) is 16.8 Å². The molecule has 7 rings (SSSR count). The van der Waals surface area contributed by atoms with Crippen LogP contribution in [0.15, 0.2) is 131 Å². The maximum absolute atomic E-state index is 13.8. The van der Waals surface area contributed by atoms with Crippen LogP contribution in [0.25, 0.3) is 44.7 Å². The summed E-state index contributed by atoms with van der Waals surface area (Å²) in [5.74, 6) is 0. The van der Waals surface area contributed by atoms with Crippen LogP contribution in [0.1, 0.15) is 25.0 Å². The van der Waals surface area contributed by atoms with Crippen molar-refractivity contribution < 1.29 is 0 Å². The second kappa shape index (κ2) is 8.53. The third-order valence-electron chi connectivity index (χ3n) is 8.01. The fourth-order valence-corrected chi connectivity index (χ4v) is 6.03. The van der Waals surface area contributed by atoms with Gasteiger partial charge in [-0.25, -0.2) is 0 Å². The third-order valence-corrected chi connectivity index (χ3v) is 8.01. The van der Waals surface area contributed by atoms with Gasteiger partial charge < -0.3 is 0 Å². The lowest BCUT2D eigenvalue weighted by Gasteiger charge is -2.22. The molecule has 1 aliphatic carbocycles. The first-order valence-corrected chi connectivity index (χ1v) is 13.1. The number of para-hydroxylation sites is 2. The van der Waals surface area contributed by atoms with Crippen LogP contribution in [0.5, 0.6) is 0 Å². The van der Waals surface area contributed by atoms with Crippen molar-refractivity contribution in [2.24, 2.45) is 0 Å². The molecule has 5 aromatic carbocycles. The molecule has 0 amide bonds. The first-order chi connectivity index (χ1) is 18.9. The van der Waals surface area contributed by atoms with E-state index < -0.39 is 11.1 Å². The molecule has 1 aromatic heterocycles. The number of hydrogen-bond donors (Lipinski definition) is 0. The Morgan fingerprint density at radius 3 is 1.69 bits per heavy atom. The standard InChI is InChI=1S/C35H26N2O2/c1-35(2)29-13-7-6-12-27(29)28-21-20-26(22-30(28)35)37-32-15-9-8-14-31(32)36(33(38)34(37)39)25-18-16-24(17-19-25)23-10-4-3-5-11-23/h3-22H,1-2H3. The van der Waals surface area contributed by atoms with Crippen LogP contribution in [0.3, 0.4) is 0 Å². The summed E-state index contributed by atoms with van der Waals surface area (Å²) in [6.07, 6.45) is 0. The van der Waals surface area contributed by atoms with Gasteiger partial charge in [0.15, 0.2) is 0 Å². The summed E-state index contributed by atoms with van der Waals surface area (Å²) in [6.45, 7) is 4.42. The molecule has 0 fully saturated rings. The topological polar surface area (TPSA) is 44.0 Å². The SMILES string of the molecule is CC1(C)c2ccccc2-c2ccc(-n3c(=O)c(=O)n(-c4ccc(-c5ccccc5)cc4)c4ccccc43)cc21. The van der Waals surface area contributed by atoms with E-state index in [0.29, 0.717) is 22.4 Å². The quantitative estimate of drug-likeness (QED) is 0.240. The van der Waals surface area contributed by atoms with E-state index in [4.69, 9.17) is 0 Å². The predicted molar refractivity (Wildman–Crippen MR) is 158 cm³/mol. The maximum atomic E-state index is 13.8. The van der Waals surface area contributed by atoms with Crippen molar-refractivity contribution in [1.29, 1.82) is 0 Å². The summed E-state index contributed by atoms with van der Waals surface area (Å²) < 4.78 is 3.09. The average Bonchev–Trinajstić information content (AvgIpc) is 3.21. The summed E-state index contributed by atoms with van der Waals surface area (Å²) in [5.41, 5.74) is 8.30. The second-order valence-corrected chi connectivity index (χ2v) is 10.6.